The van der Waals surface area contributed by atoms with Gasteiger partial charge in [-0.3, -0.25) is 8.37 Å². The normalized spacial score (nSPS) is 15.5. The molecule has 0 amide bonds. The molecule has 0 radical (unpaired) electrons. The Hall–Kier alpha value is -4.29. The predicted molar refractivity (Wildman–Crippen MR) is 322 cm³/mol. The molecule has 6 rings (SSSR count). The molecule has 434 valence electrons. The maximum absolute atomic E-state index is 13.1. The van der Waals surface area contributed by atoms with Gasteiger partial charge < -0.3 is 14.7 Å². The molecule has 0 unspecified atom stereocenters. The highest BCUT2D eigenvalue weighted by Crippen LogP contribution is 2.32. The zero-order chi connectivity index (χ0) is 56.3. The van der Waals surface area contributed by atoms with Crippen molar-refractivity contribution in [2.75, 3.05) is 104 Å². The van der Waals surface area contributed by atoms with Gasteiger partial charge in [0.05, 0.1) is 32.2 Å². The quantitative estimate of drug-likeness (QED) is 0.0106. The highest BCUT2D eigenvalue weighted by Gasteiger charge is 2.25. The summed E-state index contributed by atoms with van der Waals surface area (Å²) in [5.41, 5.74) is 9.97. The van der Waals surface area contributed by atoms with Crippen LogP contribution in [-0.2, 0) is 57.1 Å². The lowest BCUT2D eigenvalue weighted by molar-refractivity contribution is -0.518. The van der Waals surface area contributed by atoms with E-state index in [1.165, 1.54) is 38.3 Å². The Morgan fingerprint density at radius 1 is 0.570 bits per heavy atom. The third-order valence-electron chi connectivity index (χ3n) is 14.3. The number of anilines is 3. The van der Waals surface area contributed by atoms with Crippen LogP contribution in [0.2, 0.25) is 0 Å². The van der Waals surface area contributed by atoms with Crippen molar-refractivity contribution < 1.29 is 58.3 Å². The van der Waals surface area contributed by atoms with Gasteiger partial charge in [0.2, 0.25) is 0 Å². The number of allylic oxidation sites excluding steroid dienone is 9. The smallest absolute Gasteiger partial charge is 0.273 e. The maximum atomic E-state index is 13.1. The zero-order valence-corrected chi connectivity index (χ0v) is 50.3. The van der Waals surface area contributed by atoms with E-state index < -0.39 is 20.2 Å². The highest BCUT2D eigenvalue weighted by molar-refractivity contribution is 7.94. The van der Waals surface area contributed by atoms with Crippen molar-refractivity contribution >= 4 is 78.2 Å². The molecule has 0 heterocycles. The van der Waals surface area contributed by atoms with Crippen molar-refractivity contribution in [3.05, 3.63) is 138 Å². The Kier molecular flexibility index (Phi) is 27.7. The monoisotopic (exact) mass is 1170 g/mol. The molecule has 0 N–H and O–H groups in total. The fourth-order valence-electron chi connectivity index (χ4n) is 9.98. The van der Waals surface area contributed by atoms with Crippen LogP contribution in [-0.4, -0.2) is 129 Å². The Bertz CT molecular complexity index is 2640. The fraction of sp³-hybridized carbons (Fsp3) is 0.508. The summed E-state index contributed by atoms with van der Waals surface area (Å²) < 4.78 is 75.9. The van der Waals surface area contributed by atoms with Gasteiger partial charge >= 0.3 is 0 Å². The minimum atomic E-state index is -3.69. The standard InChI is InChI=1S/C59H83N4O12S4/c1-7-60(40-44-76-74-72-68-5)52-32-24-48(25-33-52)58(49-26-34-53(35-27-49)61(8-2)41-45-77-75-73-69-6)22-17-23-59(50-28-36-54(37-29-50)62(9-3)42-46-78(64,65)70-56-18-13-11-14-19-56)51-30-38-55(39-31-51)63(10-4)43-47-79(66,67)71-57-20-15-12-16-21-57/h17,22-39,56-57H,7-16,18-21,40-47H2,1-6H3/q+1. The second-order valence-corrected chi connectivity index (χ2v) is 24.3. The maximum Gasteiger partial charge on any atom is 0.273 e. The van der Waals surface area contributed by atoms with Gasteiger partial charge in [-0.1, -0.05) is 103 Å². The summed E-state index contributed by atoms with van der Waals surface area (Å²) in [6, 6.07) is 25.5. The second-order valence-electron chi connectivity index (χ2n) is 19.3. The molecule has 0 atom stereocenters. The lowest BCUT2D eigenvalue weighted by Gasteiger charge is -2.25. The molecule has 3 aromatic carbocycles. The Labute approximate surface area is 479 Å². The van der Waals surface area contributed by atoms with Crippen molar-refractivity contribution in [2.45, 2.75) is 104 Å². The van der Waals surface area contributed by atoms with Gasteiger partial charge in [-0.05, 0) is 135 Å². The van der Waals surface area contributed by atoms with Crippen LogP contribution in [0.25, 0.3) is 11.1 Å². The van der Waals surface area contributed by atoms with Crippen LogP contribution in [0, 0.1) is 0 Å². The molecule has 16 nitrogen and oxygen atoms in total. The Balaban J connectivity index is 1.33. The van der Waals surface area contributed by atoms with Crippen LogP contribution in [0.4, 0.5) is 17.1 Å². The van der Waals surface area contributed by atoms with E-state index in [-0.39, 0.29) is 23.7 Å². The molecular weight excluding hydrogens is 1080 g/mol. The van der Waals surface area contributed by atoms with Crippen molar-refractivity contribution in [1.29, 1.82) is 0 Å². The third kappa shape index (κ3) is 21.2. The summed E-state index contributed by atoms with van der Waals surface area (Å²) in [6.45, 7) is 13.2. The minimum absolute atomic E-state index is 0.0902. The van der Waals surface area contributed by atoms with E-state index in [4.69, 9.17) is 17.0 Å². The topological polar surface area (TPSA) is 155 Å². The third-order valence-corrected chi connectivity index (χ3v) is 17.8. The summed E-state index contributed by atoms with van der Waals surface area (Å²) in [7, 11) is -4.60. The van der Waals surface area contributed by atoms with E-state index >= 15 is 0 Å². The molecule has 2 saturated carbocycles. The molecular formula is C59H83N4O12S4+. The molecule has 0 bridgehead atoms. The van der Waals surface area contributed by atoms with Crippen molar-refractivity contribution in [3.63, 3.8) is 0 Å². The summed E-state index contributed by atoms with van der Waals surface area (Å²) in [5.74, 6) is 1.15. The average molecular weight is 1170 g/mol. The molecule has 3 aromatic rings. The van der Waals surface area contributed by atoms with Crippen LogP contribution in [0.3, 0.4) is 0 Å². The molecule has 0 saturated heterocycles. The Morgan fingerprint density at radius 3 is 1.43 bits per heavy atom. The van der Waals surface area contributed by atoms with Crippen molar-refractivity contribution in [2.24, 2.45) is 0 Å². The van der Waals surface area contributed by atoms with Gasteiger partial charge in [0.15, 0.2) is 12.3 Å². The van der Waals surface area contributed by atoms with E-state index in [9.17, 15) is 16.8 Å². The molecule has 0 aliphatic heterocycles. The lowest BCUT2D eigenvalue weighted by atomic mass is 9.94. The van der Waals surface area contributed by atoms with Crippen LogP contribution in [0.1, 0.15) is 109 Å². The highest BCUT2D eigenvalue weighted by atomic mass is 32.2. The summed E-state index contributed by atoms with van der Waals surface area (Å²) in [5, 5.41) is 9.14. The van der Waals surface area contributed by atoms with Crippen molar-refractivity contribution in [3.8, 4) is 0 Å². The molecule has 0 aromatic heterocycles. The first-order chi connectivity index (χ1) is 38.4. The molecule has 3 aliphatic rings. The number of hydrogen-bond acceptors (Lipinski definition) is 17. The van der Waals surface area contributed by atoms with E-state index in [1.54, 1.807) is 0 Å². The Morgan fingerprint density at radius 2 is 1.00 bits per heavy atom. The first-order valence-corrected chi connectivity index (χ1v) is 32.8. The summed E-state index contributed by atoms with van der Waals surface area (Å²) in [6.07, 6.45) is 23.5. The molecule has 0 spiro atoms. The van der Waals surface area contributed by atoms with Gasteiger partial charge in [-0.25, -0.2) is 14.4 Å². The average Bonchev–Trinajstić information content (AvgIpc) is 3.47. The fourth-order valence-corrected chi connectivity index (χ4v) is 13.2. The van der Waals surface area contributed by atoms with E-state index in [0.29, 0.717) is 37.7 Å². The zero-order valence-electron chi connectivity index (χ0n) is 47.0. The number of hydrogen-bond donors (Lipinski definition) is 0. The number of rotatable bonds is 34. The van der Waals surface area contributed by atoms with Crippen LogP contribution < -0.4 is 14.7 Å². The predicted octanol–water partition coefficient (Wildman–Crippen LogP) is 11.9. The van der Waals surface area contributed by atoms with Gasteiger partial charge in [-0.15, -0.1) is 8.67 Å². The lowest BCUT2D eigenvalue weighted by Crippen LogP contribution is -2.31. The van der Waals surface area contributed by atoms with Crippen LogP contribution in [0.5, 0.6) is 0 Å². The van der Waals surface area contributed by atoms with Crippen LogP contribution >= 0.6 is 24.1 Å². The molecule has 3 aliphatic carbocycles. The van der Waals surface area contributed by atoms with Crippen LogP contribution in [0.15, 0.2) is 121 Å². The second kappa shape index (κ2) is 34.2. The van der Waals surface area contributed by atoms with Gasteiger partial charge in [0.25, 0.3) is 20.2 Å². The van der Waals surface area contributed by atoms with Gasteiger partial charge in [0, 0.05) is 104 Å². The van der Waals surface area contributed by atoms with Gasteiger partial charge in [-0.2, -0.15) is 16.8 Å². The first kappa shape index (κ1) is 63.9. The molecule has 2 fully saturated rings. The first-order valence-electron chi connectivity index (χ1n) is 27.9. The van der Waals surface area contributed by atoms with E-state index in [0.717, 1.165) is 147 Å². The SMILES string of the molecule is CCN(CCSOOOC)c1ccc(C(=C/C=C/C(=C2C=CC(=[N+](CC)CCS(=O)(=O)OC3CCCCC3)C=C2)c2ccc(N(CC)CCS(=O)(=O)OC3CCCCC3)cc2)c2ccc(N(CC)CCSOOOC)cc2)cc1. The summed E-state index contributed by atoms with van der Waals surface area (Å²) in [4.78, 5) is 15.7. The number of nitrogens with zero attached hydrogens (tertiary/aromatic N) is 4. The minimum Gasteiger partial charge on any atom is -0.371 e. The van der Waals surface area contributed by atoms with Crippen molar-refractivity contribution in [1.82, 2.24) is 0 Å². The van der Waals surface area contributed by atoms with E-state index in [2.05, 4.69) is 144 Å². The van der Waals surface area contributed by atoms with Gasteiger partial charge in [0.1, 0.15) is 12.3 Å². The molecule has 20 heteroatoms. The van der Waals surface area contributed by atoms with E-state index in [1.807, 2.05) is 38.1 Å². The largest absolute Gasteiger partial charge is 0.371 e. The molecule has 79 heavy (non-hydrogen) atoms. The summed E-state index contributed by atoms with van der Waals surface area (Å²) >= 11 is 2.36. The number of benzene rings is 3.